The Balaban J connectivity index is 2.06. The molecule has 5 nitrogen and oxygen atoms in total. The first-order valence-electron chi connectivity index (χ1n) is 9.51. The van der Waals surface area contributed by atoms with Crippen LogP contribution in [0.4, 0.5) is 26.3 Å². The summed E-state index contributed by atoms with van der Waals surface area (Å²) in [5.41, 5.74) is -0.843. The molecule has 1 atom stereocenters. The molecule has 1 aromatic heterocycles. The lowest BCUT2D eigenvalue weighted by Crippen LogP contribution is -2.31. The van der Waals surface area contributed by atoms with Crippen LogP contribution in [0, 0.1) is 23.4 Å². The molecular weight excluding hydrogens is 484 g/mol. The van der Waals surface area contributed by atoms with Crippen LogP contribution in [0.15, 0.2) is 71.7 Å². The number of nitrogens with zero attached hydrogens (tertiary/aromatic N) is 3. The van der Waals surface area contributed by atoms with Gasteiger partial charge < -0.3 is 4.74 Å². The van der Waals surface area contributed by atoms with Crippen molar-refractivity contribution in [3.63, 3.8) is 0 Å². The van der Waals surface area contributed by atoms with Gasteiger partial charge in [-0.25, -0.2) is 23.2 Å². The molecule has 0 spiro atoms. The minimum Gasteiger partial charge on any atom is -0.435 e. The molecule has 1 aromatic carbocycles. The zero-order valence-corrected chi connectivity index (χ0v) is 18.1. The Morgan fingerprint density at radius 1 is 1.15 bits per heavy atom. The van der Waals surface area contributed by atoms with E-state index in [1.165, 1.54) is 24.3 Å². The van der Waals surface area contributed by atoms with E-state index in [-0.39, 0.29) is 16.4 Å². The predicted molar refractivity (Wildman–Crippen MR) is 114 cm³/mol. The molecule has 1 aliphatic heterocycles. The molecule has 0 radical (unpaired) electrons. The number of hydrazone groups is 1. The van der Waals surface area contributed by atoms with E-state index in [4.69, 9.17) is 0 Å². The SMILES string of the molecule is C\C=C/C=C\C(=C\C1SC(c2ccc(F)nc2)=NN1C(=O)c1c(F)cc(F)cc1F)OC(F)F. The number of carbonyl (C=O) groups excluding carboxylic acids is 1. The maximum absolute atomic E-state index is 14.3. The molecule has 178 valence electrons. The highest BCUT2D eigenvalue weighted by Gasteiger charge is 2.35. The van der Waals surface area contributed by atoms with Crippen molar-refractivity contribution >= 4 is 22.7 Å². The lowest BCUT2D eigenvalue weighted by Gasteiger charge is -2.19. The van der Waals surface area contributed by atoms with Crippen LogP contribution < -0.4 is 0 Å². The fourth-order valence-electron chi connectivity index (χ4n) is 2.74. The average molecular weight is 499 g/mol. The third kappa shape index (κ3) is 6.07. The quantitative estimate of drug-likeness (QED) is 0.210. The Labute approximate surface area is 194 Å². The fraction of sp³-hybridized carbons (Fsp3) is 0.136. The summed E-state index contributed by atoms with van der Waals surface area (Å²) in [5.74, 6) is -6.63. The maximum atomic E-state index is 14.3. The molecule has 12 heteroatoms. The van der Waals surface area contributed by atoms with Crippen molar-refractivity contribution in [1.29, 1.82) is 0 Å². The number of pyridine rings is 1. The Hall–Kier alpha value is -3.54. The van der Waals surface area contributed by atoms with E-state index in [1.807, 2.05) is 0 Å². The Morgan fingerprint density at radius 3 is 2.44 bits per heavy atom. The number of hydrogen-bond donors (Lipinski definition) is 0. The van der Waals surface area contributed by atoms with Gasteiger partial charge in [-0.1, -0.05) is 30.0 Å². The van der Waals surface area contributed by atoms with Crippen molar-refractivity contribution in [3.05, 3.63) is 101 Å². The van der Waals surface area contributed by atoms with Gasteiger partial charge in [0, 0.05) is 23.9 Å². The van der Waals surface area contributed by atoms with Crippen molar-refractivity contribution in [3.8, 4) is 0 Å². The second-order valence-electron chi connectivity index (χ2n) is 6.51. The van der Waals surface area contributed by atoms with E-state index in [9.17, 15) is 31.1 Å². The van der Waals surface area contributed by atoms with E-state index in [2.05, 4.69) is 14.8 Å². The number of hydrogen-bond acceptors (Lipinski definition) is 5. The minimum atomic E-state index is -3.20. The Bertz CT molecular complexity index is 1160. The van der Waals surface area contributed by atoms with Crippen LogP contribution in [-0.4, -0.2) is 32.9 Å². The van der Waals surface area contributed by atoms with Gasteiger partial charge in [-0.2, -0.15) is 18.3 Å². The van der Waals surface area contributed by atoms with Crippen molar-refractivity contribution in [2.75, 3.05) is 0 Å². The van der Waals surface area contributed by atoms with Gasteiger partial charge in [-0.05, 0) is 31.2 Å². The third-order valence-corrected chi connectivity index (χ3v) is 5.29. The molecule has 0 saturated carbocycles. The van der Waals surface area contributed by atoms with Crippen molar-refractivity contribution in [2.24, 2.45) is 5.10 Å². The fourth-order valence-corrected chi connectivity index (χ4v) is 3.80. The van der Waals surface area contributed by atoms with Crippen LogP contribution in [0.3, 0.4) is 0 Å². The second-order valence-corrected chi connectivity index (χ2v) is 7.62. The first-order chi connectivity index (χ1) is 16.2. The molecular formula is C22H15F6N3O2S. The van der Waals surface area contributed by atoms with E-state index in [0.717, 1.165) is 30.1 Å². The van der Waals surface area contributed by atoms with E-state index in [0.29, 0.717) is 17.1 Å². The highest BCUT2D eigenvalue weighted by molar-refractivity contribution is 8.15. The number of aromatic nitrogens is 1. The number of alkyl halides is 2. The molecule has 1 unspecified atom stereocenters. The number of rotatable bonds is 7. The van der Waals surface area contributed by atoms with E-state index in [1.54, 1.807) is 13.0 Å². The smallest absolute Gasteiger partial charge is 0.387 e. The molecule has 0 N–H and O–H groups in total. The summed E-state index contributed by atoms with van der Waals surface area (Å²) >= 11 is 0.831. The molecule has 0 fully saturated rings. The number of allylic oxidation sites excluding steroid dienone is 4. The monoisotopic (exact) mass is 499 g/mol. The Kier molecular flexibility index (Phi) is 8.16. The van der Waals surface area contributed by atoms with E-state index >= 15 is 0 Å². The number of carbonyl (C=O) groups is 1. The van der Waals surface area contributed by atoms with Gasteiger partial charge in [0.1, 0.15) is 39.2 Å². The van der Waals surface area contributed by atoms with Crippen molar-refractivity contribution in [2.45, 2.75) is 18.9 Å². The summed E-state index contributed by atoms with van der Waals surface area (Å²) in [6.45, 7) is -1.51. The number of amides is 1. The topological polar surface area (TPSA) is 54.8 Å². The number of thioether (sulfide) groups is 1. The van der Waals surface area contributed by atoms with Crippen LogP contribution in [0.1, 0.15) is 22.8 Å². The largest absolute Gasteiger partial charge is 0.435 e. The zero-order valence-electron chi connectivity index (χ0n) is 17.3. The minimum absolute atomic E-state index is 0.0823. The first-order valence-corrected chi connectivity index (χ1v) is 10.4. The van der Waals surface area contributed by atoms with E-state index < -0.39 is 46.9 Å². The van der Waals surface area contributed by atoms with Gasteiger partial charge in [-0.15, -0.1) is 0 Å². The number of halogens is 6. The molecule has 0 saturated heterocycles. The van der Waals surface area contributed by atoms with Crippen molar-refractivity contribution < 1.29 is 35.9 Å². The summed E-state index contributed by atoms with van der Waals surface area (Å²) in [5, 5.41) is 3.53. The standard InChI is InChI=1S/C22H15F6N3O2S/c1-2-3-4-5-14(33-22(27)28)10-18-31(21(32)19-15(24)8-13(23)9-16(19)25)30-20(34-18)12-6-7-17(26)29-11-12/h2-11,18,22H,1H3/b3-2-,5-4-,14-10-. The van der Waals surface area contributed by atoms with Gasteiger partial charge in [0.05, 0.1) is 0 Å². The van der Waals surface area contributed by atoms with Gasteiger partial charge in [-0.3, -0.25) is 4.79 Å². The van der Waals surface area contributed by atoms with Gasteiger partial charge >= 0.3 is 6.61 Å². The molecule has 3 rings (SSSR count). The van der Waals surface area contributed by atoms with Gasteiger partial charge in [0.25, 0.3) is 5.91 Å². The van der Waals surface area contributed by atoms with Crippen LogP contribution in [0.2, 0.25) is 0 Å². The number of ether oxygens (including phenoxy) is 1. The normalized spacial score (nSPS) is 16.7. The average Bonchev–Trinajstić information content (AvgIpc) is 3.17. The first kappa shape index (κ1) is 25.1. The summed E-state index contributed by atoms with van der Waals surface area (Å²) in [4.78, 5) is 16.5. The van der Waals surface area contributed by atoms with Crippen LogP contribution >= 0.6 is 11.8 Å². The summed E-state index contributed by atoms with van der Waals surface area (Å²) < 4.78 is 85.3. The molecule has 0 aliphatic carbocycles. The molecule has 0 bridgehead atoms. The molecule has 34 heavy (non-hydrogen) atoms. The van der Waals surface area contributed by atoms with Crippen molar-refractivity contribution in [1.82, 2.24) is 9.99 Å². The van der Waals surface area contributed by atoms with Gasteiger partial charge in [0.15, 0.2) is 0 Å². The molecule has 2 heterocycles. The van der Waals surface area contributed by atoms with Crippen LogP contribution in [0.25, 0.3) is 0 Å². The summed E-state index contributed by atoms with van der Waals surface area (Å²) in [7, 11) is 0. The second kappa shape index (κ2) is 11.1. The molecule has 2 aromatic rings. The number of benzene rings is 1. The molecule has 1 amide bonds. The van der Waals surface area contributed by atoms with Crippen LogP contribution in [-0.2, 0) is 4.74 Å². The summed E-state index contributed by atoms with van der Waals surface area (Å²) in [6.07, 6.45) is 7.93. The van der Waals surface area contributed by atoms with Crippen LogP contribution in [0.5, 0.6) is 0 Å². The lowest BCUT2D eigenvalue weighted by atomic mass is 10.1. The zero-order chi connectivity index (χ0) is 24.8. The summed E-state index contributed by atoms with van der Waals surface area (Å²) in [6, 6.07) is 2.97. The maximum Gasteiger partial charge on any atom is 0.387 e. The third-order valence-electron chi connectivity index (χ3n) is 4.17. The van der Waals surface area contributed by atoms with Gasteiger partial charge in [0.2, 0.25) is 5.95 Å². The lowest BCUT2D eigenvalue weighted by molar-refractivity contribution is -0.0923. The predicted octanol–water partition coefficient (Wildman–Crippen LogP) is 5.77. The highest BCUT2D eigenvalue weighted by Crippen LogP contribution is 2.34. The molecule has 1 aliphatic rings. The Morgan fingerprint density at radius 2 is 1.85 bits per heavy atom. The highest BCUT2D eigenvalue weighted by atomic mass is 32.2.